The minimum atomic E-state index is 0.174. The normalized spacial score (nSPS) is 15.6. The van der Waals surface area contributed by atoms with Crippen LogP contribution in [0.3, 0.4) is 0 Å². The van der Waals surface area contributed by atoms with Gasteiger partial charge < -0.3 is 20.1 Å². The van der Waals surface area contributed by atoms with E-state index in [2.05, 4.69) is 57.1 Å². The van der Waals surface area contributed by atoms with Crippen LogP contribution in [0, 0.1) is 6.92 Å². The molecule has 0 radical (unpaired) electrons. The average molecular weight is 414 g/mol. The molecule has 1 saturated heterocycles. The highest BCUT2D eigenvalue weighted by atomic mass is 16.2. The summed E-state index contributed by atoms with van der Waals surface area (Å²) in [5, 5.41) is 6.76. The lowest BCUT2D eigenvalue weighted by molar-refractivity contribution is -0.130. The van der Waals surface area contributed by atoms with Gasteiger partial charge in [0.2, 0.25) is 5.91 Å². The number of hydrogen-bond donors (Lipinski definition) is 2. The molecule has 164 valence electrons. The summed E-state index contributed by atoms with van der Waals surface area (Å²) in [6, 6.07) is 8.27. The number of aryl methyl sites for hydroxylation is 2. The number of nitrogens with zero attached hydrogens (tertiary/aromatic N) is 5. The van der Waals surface area contributed by atoms with Crippen LogP contribution >= 0.6 is 0 Å². The highest BCUT2D eigenvalue weighted by Crippen LogP contribution is 2.15. The Bertz CT molecular complexity index is 852. The third kappa shape index (κ3) is 5.95. The Kier molecular flexibility index (Phi) is 8.07. The highest BCUT2D eigenvalue weighted by Gasteiger charge is 2.17. The van der Waals surface area contributed by atoms with Crippen LogP contribution in [-0.4, -0.2) is 83.6 Å². The fraction of sp³-hybridized carbons (Fsp3) is 0.591. The molecule has 0 bridgehead atoms. The van der Waals surface area contributed by atoms with Crippen molar-refractivity contribution in [1.82, 2.24) is 30.0 Å². The summed E-state index contributed by atoms with van der Waals surface area (Å²) in [4.78, 5) is 25.1. The van der Waals surface area contributed by atoms with Crippen molar-refractivity contribution in [3.05, 3.63) is 30.1 Å². The van der Waals surface area contributed by atoms with Crippen molar-refractivity contribution >= 4 is 22.9 Å². The van der Waals surface area contributed by atoms with E-state index in [0.29, 0.717) is 0 Å². The van der Waals surface area contributed by atoms with Crippen LogP contribution in [0.25, 0.3) is 11.0 Å². The second kappa shape index (κ2) is 11.0. The molecular formula is C22H35N7O. The van der Waals surface area contributed by atoms with E-state index in [9.17, 15) is 4.79 Å². The molecule has 0 atom stereocenters. The highest BCUT2D eigenvalue weighted by molar-refractivity contribution is 5.79. The lowest BCUT2D eigenvalue weighted by Gasteiger charge is -2.34. The molecule has 0 aliphatic carbocycles. The van der Waals surface area contributed by atoms with Gasteiger partial charge in [-0.05, 0) is 32.4 Å². The molecule has 1 aromatic carbocycles. The molecule has 1 fully saturated rings. The van der Waals surface area contributed by atoms with Crippen LogP contribution < -0.4 is 10.6 Å². The Morgan fingerprint density at radius 1 is 1.13 bits per heavy atom. The Labute approximate surface area is 179 Å². The Hall–Kier alpha value is -2.61. The lowest BCUT2D eigenvalue weighted by Crippen LogP contribution is -2.50. The van der Waals surface area contributed by atoms with Crippen LogP contribution in [0.15, 0.2) is 29.3 Å². The van der Waals surface area contributed by atoms with Gasteiger partial charge in [-0.2, -0.15) is 0 Å². The molecule has 2 aromatic rings. The zero-order valence-electron chi connectivity index (χ0n) is 18.5. The predicted molar refractivity (Wildman–Crippen MR) is 122 cm³/mol. The van der Waals surface area contributed by atoms with E-state index >= 15 is 0 Å². The zero-order valence-corrected chi connectivity index (χ0v) is 18.5. The molecule has 2 heterocycles. The van der Waals surface area contributed by atoms with E-state index < -0.39 is 0 Å². The number of imidazole rings is 1. The van der Waals surface area contributed by atoms with Crippen molar-refractivity contribution in [2.24, 2.45) is 4.99 Å². The van der Waals surface area contributed by atoms with Crippen LogP contribution in [0.1, 0.15) is 26.1 Å². The topological polar surface area (TPSA) is 77.8 Å². The quantitative estimate of drug-likeness (QED) is 0.389. The van der Waals surface area contributed by atoms with Crippen LogP contribution in [-0.2, 0) is 11.3 Å². The van der Waals surface area contributed by atoms with Gasteiger partial charge in [0.15, 0.2) is 5.96 Å². The fourth-order valence-electron chi connectivity index (χ4n) is 3.86. The molecule has 1 aliphatic heterocycles. The van der Waals surface area contributed by atoms with Crippen molar-refractivity contribution in [2.75, 3.05) is 52.4 Å². The van der Waals surface area contributed by atoms with Crippen molar-refractivity contribution in [2.45, 2.75) is 33.7 Å². The molecule has 1 amide bonds. The van der Waals surface area contributed by atoms with Gasteiger partial charge in [0.25, 0.3) is 0 Å². The molecule has 8 nitrogen and oxygen atoms in total. The summed E-state index contributed by atoms with van der Waals surface area (Å²) in [5.74, 6) is 2.09. The molecule has 30 heavy (non-hydrogen) atoms. The van der Waals surface area contributed by atoms with E-state index in [4.69, 9.17) is 4.99 Å². The number of carbonyl (C=O) groups is 1. The first-order valence-corrected chi connectivity index (χ1v) is 11.0. The van der Waals surface area contributed by atoms with Gasteiger partial charge in [-0.15, -0.1) is 0 Å². The number of benzene rings is 1. The van der Waals surface area contributed by atoms with Gasteiger partial charge in [0.1, 0.15) is 5.82 Å². The minimum Gasteiger partial charge on any atom is -0.357 e. The number of nitrogens with one attached hydrogen (secondary N) is 2. The van der Waals surface area contributed by atoms with E-state index in [1.54, 1.807) is 6.92 Å². The Balaban J connectivity index is 1.42. The van der Waals surface area contributed by atoms with Gasteiger partial charge in [0.05, 0.1) is 11.0 Å². The maximum absolute atomic E-state index is 11.4. The second-order valence-corrected chi connectivity index (χ2v) is 7.69. The summed E-state index contributed by atoms with van der Waals surface area (Å²) in [7, 11) is 0. The SMILES string of the molecule is CCNC(=NCCCn1c(C)nc2ccccc21)NCCN1CCN(C(C)=O)CC1. The van der Waals surface area contributed by atoms with Crippen LogP contribution in [0.5, 0.6) is 0 Å². The monoisotopic (exact) mass is 413 g/mol. The molecule has 3 rings (SSSR count). The number of carbonyl (C=O) groups excluding carboxylic acids is 1. The fourth-order valence-corrected chi connectivity index (χ4v) is 3.86. The summed E-state index contributed by atoms with van der Waals surface area (Å²) in [5.41, 5.74) is 2.24. The van der Waals surface area contributed by atoms with Crippen molar-refractivity contribution in [3.8, 4) is 0 Å². The van der Waals surface area contributed by atoms with E-state index in [0.717, 1.165) is 82.6 Å². The predicted octanol–water partition coefficient (Wildman–Crippen LogP) is 1.45. The molecule has 0 unspecified atom stereocenters. The van der Waals surface area contributed by atoms with Gasteiger partial charge in [-0.1, -0.05) is 12.1 Å². The molecule has 0 saturated carbocycles. The van der Waals surface area contributed by atoms with E-state index in [1.807, 2.05) is 11.0 Å². The number of aliphatic imine (C=N–C) groups is 1. The smallest absolute Gasteiger partial charge is 0.219 e. The molecule has 1 aromatic heterocycles. The third-order valence-electron chi connectivity index (χ3n) is 5.54. The number of fused-ring (bicyclic) bond motifs is 1. The van der Waals surface area contributed by atoms with E-state index in [-0.39, 0.29) is 5.91 Å². The maximum Gasteiger partial charge on any atom is 0.219 e. The number of amides is 1. The van der Waals surface area contributed by atoms with Gasteiger partial charge >= 0.3 is 0 Å². The van der Waals surface area contributed by atoms with Gasteiger partial charge in [0, 0.05) is 65.8 Å². The average Bonchev–Trinajstić information content (AvgIpc) is 3.06. The van der Waals surface area contributed by atoms with Crippen molar-refractivity contribution < 1.29 is 4.79 Å². The van der Waals surface area contributed by atoms with E-state index in [1.165, 1.54) is 5.52 Å². The molecule has 2 N–H and O–H groups in total. The standard InChI is InChI=1S/C22H35N7O/c1-4-23-22(25-11-13-27-14-16-28(17-15-27)19(3)30)24-10-7-12-29-18(2)26-20-8-5-6-9-21(20)29/h5-6,8-9H,4,7,10-17H2,1-3H3,(H2,23,24,25). The van der Waals surface area contributed by atoms with Gasteiger partial charge in [-0.25, -0.2) is 4.98 Å². The molecule has 1 aliphatic rings. The van der Waals surface area contributed by atoms with Gasteiger partial charge in [-0.3, -0.25) is 14.7 Å². The maximum atomic E-state index is 11.4. The first-order valence-electron chi connectivity index (χ1n) is 11.0. The number of para-hydroxylation sites is 2. The summed E-state index contributed by atoms with van der Waals surface area (Å²) in [6.07, 6.45) is 0.963. The number of aromatic nitrogens is 2. The summed E-state index contributed by atoms with van der Waals surface area (Å²) in [6.45, 7) is 13.6. The first-order chi connectivity index (χ1) is 14.6. The molecular weight excluding hydrogens is 378 g/mol. The largest absolute Gasteiger partial charge is 0.357 e. The molecule has 8 heteroatoms. The molecule has 0 spiro atoms. The van der Waals surface area contributed by atoms with Crippen LogP contribution in [0.2, 0.25) is 0 Å². The number of guanidine groups is 1. The van der Waals surface area contributed by atoms with Crippen molar-refractivity contribution in [1.29, 1.82) is 0 Å². The lowest BCUT2D eigenvalue weighted by atomic mass is 10.3. The minimum absolute atomic E-state index is 0.174. The summed E-state index contributed by atoms with van der Waals surface area (Å²) >= 11 is 0. The zero-order chi connectivity index (χ0) is 21.3. The number of rotatable bonds is 8. The van der Waals surface area contributed by atoms with Crippen molar-refractivity contribution in [3.63, 3.8) is 0 Å². The Morgan fingerprint density at radius 2 is 1.90 bits per heavy atom. The van der Waals surface area contributed by atoms with Crippen LogP contribution in [0.4, 0.5) is 0 Å². The second-order valence-electron chi connectivity index (χ2n) is 7.69. The first kappa shape index (κ1) is 22.1. The summed E-state index contributed by atoms with van der Waals surface area (Å²) < 4.78 is 2.27. The number of piperazine rings is 1. The third-order valence-corrected chi connectivity index (χ3v) is 5.54. The Morgan fingerprint density at radius 3 is 2.63 bits per heavy atom. The number of hydrogen-bond acceptors (Lipinski definition) is 4.